The summed E-state index contributed by atoms with van der Waals surface area (Å²) in [7, 11) is 0. The van der Waals surface area contributed by atoms with Gasteiger partial charge < -0.3 is 14.4 Å². The van der Waals surface area contributed by atoms with Crippen LogP contribution in [0.4, 0.5) is 4.79 Å². The third-order valence-corrected chi connectivity index (χ3v) is 7.78. The third kappa shape index (κ3) is 7.84. The van der Waals surface area contributed by atoms with Crippen LogP contribution in [-0.2, 0) is 14.3 Å². The van der Waals surface area contributed by atoms with Crippen molar-refractivity contribution in [3.05, 3.63) is 63.9 Å². The van der Waals surface area contributed by atoms with Crippen molar-refractivity contribution >= 4 is 35.3 Å². The van der Waals surface area contributed by atoms with E-state index in [0.717, 1.165) is 67.6 Å². The van der Waals surface area contributed by atoms with E-state index in [2.05, 4.69) is 18.2 Å². The highest BCUT2D eigenvalue weighted by molar-refractivity contribution is 6.30. The first kappa shape index (κ1) is 29.1. The van der Waals surface area contributed by atoms with Gasteiger partial charge in [-0.25, -0.2) is 4.79 Å². The Hall–Kier alpha value is -2.86. The summed E-state index contributed by atoms with van der Waals surface area (Å²) in [6, 6.07) is 10.2. The Bertz CT molecular complexity index is 1190. The molecule has 0 spiro atoms. The average molecular weight is 553 g/mol. The van der Waals surface area contributed by atoms with E-state index in [1.54, 1.807) is 0 Å². The lowest BCUT2D eigenvalue weighted by Crippen LogP contribution is -2.41. The van der Waals surface area contributed by atoms with Crippen molar-refractivity contribution in [2.24, 2.45) is 5.92 Å². The van der Waals surface area contributed by atoms with Crippen molar-refractivity contribution in [2.45, 2.75) is 84.2 Å². The molecule has 1 atom stereocenters. The molecule has 1 unspecified atom stereocenters. The Labute approximate surface area is 237 Å². The first-order valence-corrected chi connectivity index (χ1v) is 14.6. The lowest BCUT2D eigenvalue weighted by atomic mass is 9.83. The molecule has 1 aliphatic heterocycles. The van der Waals surface area contributed by atoms with Gasteiger partial charge in [0.1, 0.15) is 5.60 Å². The molecular formula is C32H41ClN2O4. The Morgan fingerprint density at radius 2 is 1.90 bits per heavy atom. The van der Waals surface area contributed by atoms with Crippen LogP contribution in [0.1, 0.15) is 101 Å². The molecule has 0 saturated carbocycles. The van der Waals surface area contributed by atoms with Gasteiger partial charge in [-0.05, 0) is 106 Å². The standard InChI is InChI=1S/C32H41ClN2O4/c1-5-38-29(36)14-11-23-20-24-9-7-17-34-30(24)27(26-13-12-25(33)21-28(23)26)10-6-8-22-15-18-35(19-16-22)31(37)39-32(2,3)4/h7,9,12-13,17,20-22,27H,5-6,8,10-11,14-16,18-19H2,1-4H3. The number of esters is 1. The Morgan fingerprint density at radius 3 is 2.62 bits per heavy atom. The molecule has 0 bridgehead atoms. The predicted octanol–water partition coefficient (Wildman–Crippen LogP) is 7.88. The van der Waals surface area contributed by atoms with E-state index in [1.807, 2.05) is 57.0 Å². The van der Waals surface area contributed by atoms with Crippen molar-refractivity contribution in [2.75, 3.05) is 19.7 Å². The van der Waals surface area contributed by atoms with E-state index in [0.29, 0.717) is 30.4 Å². The normalized spacial score (nSPS) is 17.5. The number of halogens is 1. The van der Waals surface area contributed by atoms with Crippen molar-refractivity contribution in [1.82, 2.24) is 9.88 Å². The summed E-state index contributed by atoms with van der Waals surface area (Å²) >= 11 is 6.47. The molecule has 210 valence electrons. The lowest BCUT2D eigenvalue weighted by Gasteiger charge is -2.33. The van der Waals surface area contributed by atoms with Gasteiger partial charge in [0.2, 0.25) is 0 Å². The van der Waals surface area contributed by atoms with Crippen LogP contribution in [-0.4, -0.2) is 47.2 Å². The quantitative estimate of drug-likeness (QED) is 0.311. The van der Waals surface area contributed by atoms with Gasteiger partial charge >= 0.3 is 12.1 Å². The average Bonchev–Trinajstić information content (AvgIpc) is 3.01. The third-order valence-electron chi connectivity index (χ3n) is 7.54. The number of rotatable bonds is 8. The molecule has 4 rings (SSSR count). The first-order chi connectivity index (χ1) is 18.6. The van der Waals surface area contributed by atoms with E-state index in [1.165, 1.54) is 5.56 Å². The molecule has 39 heavy (non-hydrogen) atoms. The van der Waals surface area contributed by atoms with E-state index >= 15 is 0 Å². The second-order valence-electron chi connectivity index (χ2n) is 11.6. The number of allylic oxidation sites excluding steroid dienone is 1. The van der Waals surface area contributed by atoms with E-state index in [9.17, 15) is 9.59 Å². The fourth-order valence-corrected chi connectivity index (χ4v) is 5.85. The SMILES string of the molecule is CCOC(=O)CCC1=Cc2cccnc2C(CCCC2CCN(C(=O)OC(C)(C)C)CC2)c2ccc(Cl)cc21. The number of benzene rings is 1. The summed E-state index contributed by atoms with van der Waals surface area (Å²) in [5.41, 5.74) is 5.11. The van der Waals surface area contributed by atoms with Gasteiger partial charge in [-0.2, -0.15) is 0 Å². The monoisotopic (exact) mass is 552 g/mol. The minimum Gasteiger partial charge on any atom is -0.466 e. The van der Waals surface area contributed by atoms with Crippen molar-refractivity contribution in [1.29, 1.82) is 0 Å². The van der Waals surface area contributed by atoms with Gasteiger partial charge in [-0.1, -0.05) is 36.6 Å². The van der Waals surface area contributed by atoms with Gasteiger partial charge in [-0.15, -0.1) is 0 Å². The molecule has 0 N–H and O–H groups in total. The van der Waals surface area contributed by atoms with Gasteiger partial charge in [0.05, 0.1) is 12.3 Å². The van der Waals surface area contributed by atoms with E-state index in [-0.39, 0.29) is 18.0 Å². The lowest BCUT2D eigenvalue weighted by molar-refractivity contribution is -0.142. The zero-order valence-electron chi connectivity index (χ0n) is 23.7. The van der Waals surface area contributed by atoms with Crippen LogP contribution >= 0.6 is 11.6 Å². The number of hydrogen-bond acceptors (Lipinski definition) is 5. The molecule has 1 saturated heterocycles. The minimum absolute atomic E-state index is 0.145. The number of nitrogens with zero attached hydrogens (tertiary/aromatic N) is 2. The maximum atomic E-state index is 12.4. The van der Waals surface area contributed by atoms with Crippen LogP contribution in [0.15, 0.2) is 36.5 Å². The number of piperidine rings is 1. The molecule has 2 heterocycles. The fourth-order valence-electron chi connectivity index (χ4n) is 5.68. The number of aromatic nitrogens is 1. The molecular weight excluding hydrogens is 512 g/mol. The van der Waals surface area contributed by atoms with Crippen molar-refractivity contribution in [3.8, 4) is 0 Å². The zero-order chi connectivity index (χ0) is 28.0. The summed E-state index contributed by atoms with van der Waals surface area (Å²) < 4.78 is 10.7. The molecule has 6 nitrogen and oxygen atoms in total. The molecule has 1 aromatic carbocycles. The van der Waals surface area contributed by atoms with E-state index < -0.39 is 5.60 Å². The Morgan fingerprint density at radius 1 is 1.13 bits per heavy atom. The maximum absolute atomic E-state index is 12.4. The summed E-state index contributed by atoms with van der Waals surface area (Å²) in [5.74, 6) is 0.555. The number of pyridine rings is 1. The van der Waals surface area contributed by atoms with Crippen LogP contribution in [0.25, 0.3) is 11.6 Å². The van der Waals surface area contributed by atoms with Crippen LogP contribution < -0.4 is 0 Å². The molecule has 1 amide bonds. The second kappa shape index (κ2) is 13.0. The molecule has 1 aromatic heterocycles. The smallest absolute Gasteiger partial charge is 0.410 e. The summed E-state index contributed by atoms with van der Waals surface area (Å²) in [4.78, 5) is 31.3. The molecule has 2 aromatic rings. The van der Waals surface area contributed by atoms with Gasteiger partial charge in [0.25, 0.3) is 0 Å². The number of hydrogen-bond donors (Lipinski definition) is 0. The number of amides is 1. The Balaban J connectivity index is 1.45. The van der Waals surface area contributed by atoms with Crippen molar-refractivity contribution in [3.63, 3.8) is 0 Å². The number of carbonyl (C=O) groups excluding carboxylic acids is 2. The molecule has 0 radical (unpaired) electrons. The van der Waals surface area contributed by atoms with Crippen LogP contribution in [0, 0.1) is 5.92 Å². The first-order valence-electron chi connectivity index (χ1n) is 14.2. The predicted molar refractivity (Wildman–Crippen MR) is 156 cm³/mol. The number of likely N-dealkylation sites (tertiary alicyclic amines) is 1. The van der Waals surface area contributed by atoms with E-state index in [4.69, 9.17) is 26.1 Å². The summed E-state index contributed by atoms with van der Waals surface area (Å²) in [5, 5.41) is 0.685. The highest BCUT2D eigenvalue weighted by Gasteiger charge is 2.29. The van der Waals surface area contributed by atoms with Crippen LogP contribution in [0.5, 0.6) is 0 Å². The molecule has 7 heteroatoms. The minimum atomic E-state index is -0.467. The number of ether oxygens (including phenoxy) is 2. The molecule has 1 aliphatic carbocycles. The fraction of sp³-hybridized carbons (Fsp3) is 0.531. The highest BCUT2D eigenvalue weighted by atomic mass is 35.5. The topological polar surface area (TPSA) is 68.7 Å². The zero-order valence-corrected chi connectivity index (χ0v) is 24.4. The molecule has 1 fully saturated rings. The van der Waals surface area contributed by atoms with Crippen LogP contribution in [0.3, 0.4) is 0 Å². The largest absolute Gasteiger partial charge is 0.466 e. The Kier molecular flexibility index (Phi) is 9.71. The van der Waals surface area contributed by atoms with Crippen LogP contribution in [0.2, 0.25) is 5.02 Å². The highest BCUT2D eigenvalue weighted by Crippen LogP contribution is 2.42. The summed E-state index contributed by atoms with van der Waals surface area (Å²) in [6.07, 6.45) is 9.92. The van der Waals surface area contributed by atoms with Crippen molar-refractivity contribution < 1.29 is 19.1 Å². The van der Waals surface area contributed by atoms with Gasteiger partial charge in [-0.3, -0.25) is 9.78 Å². The molecule has 2 aliphatic rings. The number of fused-ring (bicyclic) bond motifs is 2. The second-order valence-corrected chi connectivity index (χ2v) is 12.0. The summed E-state index contributed by atoms with van der Waals surface area (Å²) in [6.45, 7) is 9.43. The van der Waals surface area contributed by atoms with Gasteiger partial charge in [0.15, 0.2) is 0 Å². The number of carbonyl (C=O) groups is 2. The maximum Gasteiger partial charge on any atom is 0.410 e. The van der Waals surface area contributed by atoms with Gasteiger partial charge in [0, 0.05) is 36.6 Å².